The first-order chi connectivity index (χ1) is 9.72. The number of nitrogens with zero attached hydrogens (tertiary/aromatic N) is 1. The van der Waals surface area contributed by atoms with E-state index in [4.69, 9.17) is 9.47 Å². The molecule has 0 spiro atoms. The molecule has 0 bridgehead atoms. The molecule has 0 saturated carbocycles. The number of rotatable bonds is 7. The number of nitrogens with one attached hydrogen (secondary N) is 1. The lowest BCUT2D eigenvalue weighted by Crippen LogP contribution is -2.03. The maximum atomic E-state index is 11.2. The van der Waals surface area contributed by atoms with E-state index in [9.17, 15) is 4.79 Å². The Morgan fingerprint density at radius 1 is 1.43 bits per heavy atom. The number of H-pyrrole nitrogens is 1. The summed E-state index contributed by atoms with van der Waals surface area (Å²) in [7, 11) is 1.64. The fraction of sp³-hybridized carbons (Fsp3) is 0.429. The Kier molecular flexibility index (Phi) is 7.60. The smallest absolute Gasteiger partial charge is 0.305 e. The molecule has 1 N–H and O–H groups in total. The summed E-state index contributed by atoms with van der Waals surface area (Å²) in [4.78, 5) is 18.9. The average Bonchev–Trinajstić information content (AvgIpc) is 2.85. The van der Waals surface area contributed by atoms with Crippen molar-refractivity contribution in [2.24, 2.45) is 0 Å². The van der Waals surface area contributed by atoms with Gasteiger partial charge in [-0.25, -0.2) is 4.98 Å². The molecule has 0 saturated heterocycles. The van der Waals surface area contributed by atoms with Crippen molar-refractivity contribution >= 4 is 45.7 Å². The number of esters is 1. The summed E-state index contributed by atoms with van der Waals surface area (Å²) in [6.07, 6.45) is 1.23. The zero-order chi connectivity index (χ0) is 14.4. The van der Waals surface area contributed by atoms with Crippen LogP contribution in [0.15, 0.2) is 23.4 Å². The number of methoxy groups -OCH3 is 1. The Morgan fingerprint density at radius 2 is 2.24 bits per heavy atom. The summed E-state index contributed by atoms with van der Waals surface area (Å²) >= 11 is 1.60. The molecule has 0 unspecified atom stereocenters. The molecule has 7 heteroatoms. The summed E-state index contributed by atoms with van der Waals surface area (Å²) in [6, 6.07) is 5.73. The van der Waals surface area contributed by atoms with Gasteiger partial charge >= 0.3 is 5.97 Å². The zero-order valence-electron chi connectivity index (χ0n) is 12.0. The van der Waals surface area contributed by atoms with E-state index in [0.29, 0.717) is 13.0 Å². The third-order valence-corrected chi connectivity index (χ3v) is 3.70. The SMILES string of the molecule is Br.CCOC(=O)CCCSc1nc2ccc(OC)cc2[nH]1. The number of carbonyl (C=O) groups excluding carboxylic acids is 1. The molecule has 1 heterocycles. The summed E-state index contributed by atoms with van der Waals surface area (Å²) in [6.45, 7) is 2.26. The molecule has 0 aliphatic heterocycles. The summed E-state index contributed by atoms with van der Waals surface area (Å²) in [5.74, 6) is 1.50. The van der Waals surface area contributed by atoms with E-state index >= 15 is 0 Å². The molecule has 0 atom stereocenters. The highest BCUT2D eigenvalue weighted by molar-refractivity contribution is 8.93. The maximum absolute atomic E-state index is 11.2. The van der Waals surface area contributed by atoms with Crippen molar-refractivity contribution in [1.82, 2.24) is 9.97 Å². The van der Waals surface area contributed by atoms with Crippen LogP contribution in [-0.4, -0.2) is 35.4 Å². The Bertz CT molecular complexity index is 589. The van der Waals surface area contributed by atoms with Gasteiger partial charge in [-0.1, -0.05) is 11.8 Å². The summed E-state index contributed by atoms with van der Waals surface area (Å²) in [5, 5.41) is 0.858. The van der Waals surface area contributed by atoms with Crippen LogP contribution in [0.25, 0.3) is 11.0 Å². The number of ether oxygens (including phenoxy) is 2. The molecular formula is C14H19BrN2O3S. The van der Waals surface area contributed by atoms with Crippen LogP contribution in [0.4, 0.5) is 0 Å². The number of benzene rings is 1. The lowest BCUT2D eigenvalue weighted by atomic mass is 10.3. The highest BCUT2D eigenvalue weighted by atomic mass is 79.9. The fourth-order valence-electron chi connectivity index (χ4n) is 1.78. The van der Waals surface area contributed by atoms with Gasteiger partial charge in [-0.05, 0) is 25.5 Å². The first-order valence-corrected chi connectivity index (χ1v) is 7.53. The normalized spacial score (nSPS) is 10.2. The second kappa shape index (κ2) is 8.94. The highest BCUT2D eigenvalue weighted by Gasteiger charge is 2.06. The molecule has 0 radical (unpaired) electrons. The largest absolute Gasteiger partial charge is 0.497 e. The molecule has 1 aromatic carbocycles. The predicted molar refractivity (Wildman–Crippen MR) is 89.6 cm³/mol. The average molecular weight is 375 g/mol. The third kappa shape index (κ3) is 5.24. The molecular weight excluding hydrogens is 356 g/mol. The number of fused-ring (bicyclic) bond motifs is 1. The van der Waals surface area contributed by atoms with Crippen molar-refractivity contribution in [3.8, 4) is 5.75 Å². The van der Waals surface area contributed by atoms with Crippen molar-refractivity contribution in [2.75, 3.05) is 19.5 Å². The van der Waals surface area contributed by atoms with Gasteiger partial charge in [-0.3, -0.25) is 4.79 Å². The number of aromatic amines is 1. The highest BCUT2D eigenvalue weighted by Crippen LogP contribution is 2.23. The van der Waals surface area contributed by atoms with E-state index < -0.39 is 0 Å². The minimum atomic E-state index is -0.137. The van der Waals surface area contributed by atoms with Gasteiger partial charge in [0.15, 0.2) is 5.16 Å². The first-order valence-electron chi connectivity index (χ1n) is 6.55. The number of aromatic nitrogens is 2. The van der Waals surface area contributed by atoms with Crippen LogP contribution in [-0.2, 0) is 9.53 Å². The Morgan fingerprint density at radius 3 is 2.95 bits per heavy atom. The van der Waals surface area contributed by atoms with Crippen molar-refractivity contribution in [3.05, 3.63) is 18.2 Å². The predicted octanol–water partition coefficient (Wildman–Crippen LogP) is 3.58. The Balaban J connectivity index is 0.00000220. The number of hydrogen-bond donors (Lipinski definition) is 1. The quantitative estimate of drug-likeness (QED) is 0.455. The van der Waals surface area contributed by atoms with Gasteiger partial charge < -0.3 is 14.5 Å². The monoisotopic (exact) mass is 374 g/mol. The van der Waals surface area contributed by atoms with Gasteiger partial charge in [0, 0.05) is 18.2 Å². The second-order valence-electron chi connectivity index (χ2n) is 4.18. The van der Waals surface area contributed by atoms with E-state index in [2.05, 4.69) is 9.97 Å². The number of imidazole rings is 1. The molecule has 0 aliphatic carbocycles. The second-order valence-corrected chi connectivity index (χ2v) is 5.27. The minimum absolute atomic E-state index is 0. The van der Waals surface area contributed by atoms with Crippen LogP contribution in [0.1, 0.15) is 19.8 Å². The molecule has 0 aliphatic rings. The maximum Gasteiger partial charge on any atom is 0.305 e. The number of thioether (sulfide) groups is 1. The van der Waals surface area contributed by atoms with Crippen molar-refractivity contribution < 1.29 is 14.3 Å². The molecule has 2 rings (SSSR count). The fourth-order valence-corrected chi connectivity index (χ4v) is 2.61. The van der Waals surface area contributed by atoms with Crippen LogP contribution in [0.3, 0.4) is 0 Å². The van der Waals surface area contributed by atoms with E-state index in [1.807, 2.05) is 25.1 Å². The topological polar surface area (TPSA) is 64.2 Å². The van der Waals surface area contributed by atoms with Crippen LogP contribution in [0, 0.1) is 0 Å². The van der Waals surface area contributed by atoms with Crippen molar-refractivity contribution in [2.45, 2.75) is 24.9 Å². The van der Waals surface area contributed by atoms with Gasteiger partial charge in [0.25, 0.3) is 0 Å². The van der Waals surface area contributed by atoms with E-state index in [-0.39, 0.29) is 23.0 Å². The summed E-state index contributed by atoms with van der Waals surface area (Å²) in [5.41, 5.74) is 1.87. The Hall–Kier alpha value is -1.21. The van der Waals surface area contributed by atoms with Crippen LogP contribution in [0.5, 0.6) is 5.75 Å². The van der Waals surface area contributed by atoms with Crippen LogP contribution < -0.4 is 4.74 Å². The summed E-state index contributed by atoms with van der Waals surface area (Å²) < 4.78 is 10.1. The molecule has 116 valence electrons. The van der Waals surface area contributed by atoms with Gasteiger partial charge in [-0.2, -0.15) is 0 Å². The minimum Gasteiger partial charge on any atom is -0.497 e. The first kappa shape index (κ1) is 17.8. The number of halogens is 1. The molecule has 0 fully saturated rings. The van der Waals surface area contributed by atoms with Gasteiger partial charge in [0.1, 0.15) is 5.75 Å². The standard InChI is InChI=1S/C14H18N2O3S.BrH/c1-3-19-13(17)5-4-8-20-14-15-11-7-6-10(18-2)9-12(11)16-14;/h6-7,9H,3-5,8H2,1-2H3,(H,15,16);1H. The zero-order valence-corrected chi connectivity index (χ0v) is 14.6. The molecule has 2 aromatic rings. The van der Waals surface area contributed by atoms with E-state index in [1.54, 1.807) is 18.9 Å². The van der Waals surface area contributed by atoms with Crippen LogP contribution in [0.2, 0.25) is 0 Å². The van der Waals surface area contributed by atoms with E-state index in [0.717, 1.165) is 34.1 Å². The number of carbonyl (C=O) groups is 1. The van der Waals surface area contributed by atoms with Gasteiger partial charge in [0.05, 0.1) is 24.8 Å². The van der Waals surface area contributed by atoms with Crippen LogP contribution >= 0.6 is 28.7 Å². The molecule has 1 aromatic heterocycles. The van der Waals surface area contributed by atoms with Crippen molar-refractivity contribution in [1.29, 1.82) is 0 Å². The molecule has 0 amide bonds. The Labute approximate surface area is 138 Å². The molecule has 21 heavy (non-hydrogen) atoms. The third-order valence-electron chi connectivity index (χ3n) is 2.74. The number of hydrogen-bond acceptors (Lipinski definition) is 5. The van der Waals surface area contributed by atoms with Crippen molar-refractivity contribution in [3.63, 3.8) is 0 Å². The van der Waals surface area contributed by atoms with Gasteiger partial charge in [0.2, 0.25) is 0 Å². The lowest BCUT2D eigenvalue weighted by molar-refractivity contribution is -0.143. The lowest BCUT2D eigenvalue weighted by Gasteiger charge is -2.00. The van der Waals surface area contributed by atoms with E-state index in [1.165, 1.54) is 0 Å². The molecule has 5 nitrogen and oxygen atoms in total. The van der Waals surface area contributed by atoms with Gasteiger partial charge in [-0.15, -0.1) is 17.0 Å².